The van der Waals surface area contributed by atoms with E-state index in [0.29, 0.717) is 18.7 Å². The van der Waals surface area contributed by atoms with Crippen LogP contribution in [0.2, 0.25) is 0 Å². The van der Waals surface area contributed by atoms with E-state index in [4.69, 9.17) is 15.7 Å². The summed E-state index contributed by atoms with van der Waals surface area (Å²) in [6.07, 6.45) is 0. The van der Waals surface area contributed by atoms with Gasteiger partial charge in [0.1, 0.15) is 12.4 Å². The fourth-order valence-electron chi connectivity index (χ4n) is 1.95. The molecule has 0 aliphatic carbocycles. The number of benzene rings is 2. The van der Waals surface area contributed by atoms with Crippen molar-refractivity contribution in [2.24, 2.45) is 5.73 Å². The zero-order valence-electron chi connectivity index (χ0n) is 11.9. The zero-order chi connectivity index (χ0) is 15.1. The van der Waals surface area contributed by atoms with Crippen molar-refractivity contribution >= 4 is 0 Å². The molecule has 2 aromatic rings. The van der Waals surface area contributed by atoms with Gasteiger partial charge in [0, 0.05) is 11.1 Å². The molecular formula is C18H16N2O. The van der Waals surface area contributed by atoms with Crippen LogP contribution in [0.5, 0.6) is 5.75 Å². The molecule has 0 fully saturated rings. The Bertz CT molecular complexity index is 733. The first-order valence-electron chi connectivity index (χ1n) is 6.65. The van der Waals surface area contributed by atoms with Crippen molar-refractivity contribution < 1.29 is 4.74 Å². The topological polar surface area (TPSA) is 59.0 Å². The Balaban J connectivity index is 2.12. The quantitative estimate of drug-likeness (QED) is 0.877. The third-order valence-electron chi connectivity index (χ3n) is 3.03. The van der Waals surface area contributed by atoms with Crippen LogP contribution in [0.4, 0.5) is 0 Å². The maximum atomic E-state index is 9.06. The molecule has 0 bridgehead atoms. The lowest BCUT2D eigenvalue weighted by atomic mass is 10.1. The highest BCUT2D eigenvalue weighted by molar-refractivity contribution is 5.44. The maximum Gasteiger partial charge on any atom is 0.122 e. The molecule has 0 heterocycles. The van der Waals surface area contributed by atoms with Gasteiger partial charge in [-0.2, -0.15) is 5.26 Å². The SMILES string of the molecule is Cc1cc(C#CCN)ccc1OCc1ccccc1C#N. The van der Waals surface area contributed by atoms with E-state index in [2.05, 4.69) is 17.9 Å². The second-order valence-electron chi connectivity index (χ2n) is 4.54. The molecule has 2 N–H and O–H groups in total. The summed E-state index contributed by atoms with van der Waals surface area (Å²) < 4.78 is 5.80. The maximum absolute atomic E-state index is 9.06. The number of nitrogens with two attached hydrogens (primary N) is 1. The van der Waals surface area contributed by atoms with E-state index >= 15 is 0 Å². The summed E-state index contributed by atoms with van der Waals surface area (Å²) in [7, 11) is 0. The number of nitrogens with zero attached hydrogens (tertiary/aromatic N) is 1. The summed E-state index contributed by atoms with van der Waals surface area (Å²) in [5.74, 6) is 6.61. The number of rotatable bonds is 3. The lowest BCUT2D eigenvalue weighted by molar-refractivity contribution is 0.304. The van der Waals surface area contributed by atoms with Crippen LogP contribution in [0.3, 0.4) is 0 Å². The Morgan fingerprint density at radius 3 is 2.71 bits per heavy atom. The number of hydrogen-bond donors (Lipinski definition) is 1. The predicted octanol–water partition coefficient (Wildman–Crippen LogP) is 2.76. The van der Waals surface area contributed by atoms with Gasteiger partial charge in [-0.15, -0.1) is 0 Å². The van der Waals surface area contributed by atoms with Crippen molar-refractivity contribution in [2.45, 2.75) is 13.5 Å². The molecular weight excluding hydrogens is 260 g/mol. The van der Waals surface area contributed by atoms with E-state index in [0.717, 1.165) is 22.4 Å². The van der Waals surface area contributed by atoms with Crippen LogP contribution in [-0.4, -0.2) is 6.54 Å². The van der Waals surface area contributed by atoms with Crippen LogP contribution < -0.4 is 10.5 Å². The Kier molecular flexibility index (Phi) is 4.99. The van der Waals surface area contributed by atoms with E-state index in [1.54, 1.807) is 6.07 Å². The first kappa shape index (κ1) is 14.7. The number of aryl methyl sites for hydroxylation is 1. The van der Waals surface area contributed by atoms with E-state index in [1.807, 2.05) is 43.3 Å². The molecule has 104 valence electrons. The summed E-state index contributed by atoms with van der Waals surface area (Å²) in [6.45, 7) is 2.69. The summed E-state index contributed by atoms with van der Waals surface area (Å²) in [6, 6.07) is 15.4. The molecule has 0 spiro atoms. The second kappa shape index (κ2) is 7.14. The van der Waals surface area contributed by atoms with Gasteiger partial charge in [0.2, 0.25) is 0 Å². The highest BCUT2D eigenvalue weighted by atomic mass is 16.5. The first-order chi connectivity index (χ1) is 10.2. The number of hydrogen-bond acceptors (Lipinski definition) is 3. The van der Waals surface area contributed by atoms with Gasteiger partial charge < -0.3 is 10.5 Å². The average molecular weight is 276 g/mol. The van der Waals surface area contributed by atoms with Gasteiger partial charge in [-0.05, 0) is 36.8 Å². The van der Waals surface area contributed by atoms with Crippen molar-refractivity contribution in [1.82, 2.24) is 0 Å². The standard InChI is InChI=1S/C18H16N2O/c1-14-11-15(5-4-10-19)8-9-18(14)21-13-17-7-3-2-6-16(17)12-20/h2-3,6-9,11H,10,13,19H2,1H3. The third kappa shape index (κ3) is 3.86. The van der Waals surface area contributed by atoms with Gasteiger partial charge in [0.15, 0.2) is 0 Å². The van der Waals surface area contributed by atoms with Gasteiger partial charge >= 0.3 is 0 Å². The van der Waals surface area contributed by atoms with Crippen LogP contribution in [0.1, 0.15) is 22.3 Å². The van der Waals surface area contributed by atoms with Crippen LogP contribution in [0.25, 0.3) is 0 Å². The van der Waals surface area contributed by atoms with E-state index in [-0.39, 0.29) is 0 Å². The molecule has 0 saturated heterocycles. The van der Waals surface area contributed by atoms with Gasteiger partial charge in [0.25, 0.3) is 0 Å². The summed E-state index contributed by atoms with van der Waals surface area (Å²) >= 11 is 0. The normalized spacial score (nSPS) is 9.38. The Labute approximate surface area is 125 Å². The lowest BCUT2D eigenvalue weighted by Crippen LogP contribution is -1.99. The van der Waals surface area contributed by atoms with E-state index < -0.39 is 0 Å². The minimum absolute atomic E-state index is 0.349. The third-order valence-corrected chi connectivity index (χ3v) is 3.03. The minimum Gasteiger partial charge on any atom is -0.489 e. The van der Waals surface area contributed by atoms with E-state index in [1.165, 1.54) is 0 Å². The smallest absolute Gasteiger partial charge is 0.122 e. The predicted molar refractivity (Wildman–Crippen MR) is 82.6 cm³/mol. The van der Waals surface area contributed by atoms with Crippen LogP contribution in [-0.2, 0) is 6.61 Å². The molecule has 2 rings (SSSR count). The van der Waals surface area contributed by atoms with Crippen molar-refractivity contribution in [2.75, 3.05) is 6.54 Å². The fourth-order valence-corrected chi connectivity index (χ4v) is 1.95. The van der Waals surface area contributed by atoms with Crippen LogP contribution >= 0.6 is 0 Å². The summed E-state index contributed by atoms with van der Waals surface area (Å²) in [5.41, 5.74) is 8.81. The molecule has 3 heteroatoms. The largest absolute Gasteiger partial charge is 0.489 e. The first-order valence-corrected chi connectivity index (χ1v) is 6.65. The molecule has 0 radical (unpaired) electrons. The molecule has 3 nitrogen and oxygen atoms in total. The second-order valence-corrected chi connectivity index (χ2v) is 4.54. The number of ether oxygens (including phenoxy) is 1. The molecule has 0 saturated carbocycles. The fraction of sp³-hybridized carbons (Fsp3) is 0.167. The van der Waals surface area contributed by atoms with Crippen LogP contribution in [0.15, 0.2) is 42.5 Å². The van der Waals surface area contributed by atoms with Gasteiger partial charge in [0.05, 0.1) is 18.2 Å². The molecule has 0 unspecified atom stereocenters. The van der Waals surface area contributed by atoms with Gasteiger partial charge in [-0.1, -0.05) is 30.0 Å². The minimum atomic E-state index is 0.349. The van der Waals surface area contributed by atoms with Gasteiger partial charge in [-0.25, -0.2) is 0 Å². The highest BCUT2D eigenvalue weighted by Crippen LogP contribution is 2.20. The zero-order valence-corrected chi connectivity index (χ0v) is 11.9. The average Bonchev–Trinajstić information content (AvgIpc) is 2.52. The molecule has 2 aromatic carbocycles. The Hall–Kier alpha value is -2.75. The molecule has 0 atom stereocenters. The Morgan fingerprint density at radius 1 is 1.19 bits per heavy atom. The van der Waals surface area contributed by atoms with E-state index in [9.17, 15) is 0 Å². The Morgan fingerprint density at radius 2 is 2.00 bits per heavy atom. The number of nitriles is 1. The molecule has 0 aromatic heterocycles. The molecule has 0 aliphatic heterocycles. The highest BCUT2D eigenvalue weighted by Gasteiger charge is 2.04. The lowest BCUT2D eigenvalue weighted by Gasteiger charge is -2.10. The van der Waals surface area contributed by atoms with Crippen molar-refractivity contribution in [3.63, 3.8) is 0 Å². The van der Waals surface area contributed by atoms with Crippen molar-refractivity contribution in [3.05, 3.63) is 64.7 Å². The monoisotopic (exact) mass is 276 g/mol. The summed E-state index contributed by atoms with van der Waals surface area (Å²) in [5, 5.41) is 9.06. The van der Waals surface area contributed by atoms with Crippen LogP contribution in [0, 0.1) is 30.1 Å². The van der Waals surface area contributed by atoms with Crippen molar-refractivity contribution in [3.8, 4) is 23.7 Å². The van der Waals surface area contributed by atoms with Gasteiger partial charge in [-0.3, -0.25) is 0 Å². The summed E-state index contributed by atoms with van der Waals surface area (Å²) in [4.78, 5) is 0. The molecule has 0 amide bonds. The van der Waals surface area contributed by atoms with Crippen molar-refractivity contribution in [1.29, 1.82) is 5.26 Å². The molecule has 21 heavy (non-hydrogen) atoms. The molecule has 0 aliphatic rings.